The van der Waals surface area contributed by atoms with Gasteiger partial charge >= 0.3 is 0 Å². The molecule has 1 aromatic carbocycles. The molecule has 4 aromatic rings. The predicted octanol–water partition coefficient (Wildman–Crippen LogP) is 4.12. The summed E-state index contributed by atoms with van der Waals surface area (Å²) in [5, 5.41) is 8.01. The Hall–Kier alpha value is -3.72. The predicted molar refractivity (Wildman–Crippen MR) is 139 cm³/mol. The molecule has 0 spiro atoms. The zero-order valence-electron chi connectivity index (χ0n) is 20.7. The molecule has 0 saturated carbocycles. The average molecular weight is 489 g/mol. The number of rotatable bonds is 6. The molecule has 0 fully saturated rings. The molecular weight excluding hydrogens is 460 g/mol. The summed E-state index contributed by atoms with van der Waals surface area (Å²) in [5.74, 6) is -0.258. The summed E-state index contributed by atoms with van der Waals surface area (Å²) >= 11 is 1.47. The number of benzene rings is 1. The van der Waals surface area contributed by atoms with E-state index in [2.05, 4.69) is 25.4 Å². The van der Waals surface area contributed by atoms with Gasteiger partial charge in [-0.3, -0.25) is 14.3 Å². The molecule has 0 atom stereocenters. The van der Waals surface area contributed by atoms with Gasteiger partial charge in [0.05, 0.1) is 11.9 Å². The van der Waals surface area contributed by atoms with Crippen molar-refractivity contribution in [2.24, 2.45) is 7.05 Å². The molecule has 3 aromatic heterocycles. The number of carbonyl (C=O) groups is 1. The number of nitrogens with zero attached hydrogens (tertiary/aromatic N) is 4. The van der Waals surface area contributed by atoms with Crippen molar-refractivity contribution in [1.29, 1.82) is 0 Å². The fourth-order valence-corrected chi connectivity index (χ4v) is 4.55. The molecule has 1 amide bonds. The van der Waals surface area contributed by atoms with Gasteiger partial charge in [0.2, 0.25) is 0 Å². The number of H-pyrrole nitrogens is 1. The van der Waals surface area contributed by atoms with E-state index in [4.69, 9.17) is 0 Å². The third kappa shape index (κ3) is 4.90. The van der Waals surface area contributed by atoms with Crippen LogP contribution >= 0.6 is 11.8 Å². The van der Waals surface area contributed by atoms with Gasteiger partial charge in [0.25, 0.3) is 11.5 Å². The number of pyridine rings is 1. The van der Waals surface area contributed by atoms with E-state index in [0.29, 0.717) is 16.3 Å². The van der Waals surface area contributed by atoms with Crippen molar-refractivity contribution in [3.05, 3.63) is 80.7 Å². The zero-order valence-corrected chi connectivity index (χ0v) is 21.5. The van der Waals surface area contributed by atoms with E-state index >= 15 is 0 Å². The van der Waals surface area contributed by atoms with Crippen molar-refractivity contribution in [2.45, 2.75) is 39.4 Å². The maximum Gasteiger partial charge on any atom is 0.253 e. The lowest BCUT2D eigenvalue weighted by atomic mass is 9.92. The first-order valence-corrected chi connectivity index (χ1v) is 12.4. The number of thioether (sulfide) groups is 1. The van der Waals surface area contributed by atoms with Crippen molar-refractivity contribution >= 4 is 17.7 Å². The molecule has 2 N–H and O–H groups in total. The number of aryl methyl sites for hydroxylation is 4. The number of aromatic nitrogens is 5. The van der Waals surface area contributed by atoms with Crippen molar-refractivity contribution in [3.63, 3.8) is 0 Å². The van der Waals surface area contributed by atoms with Crippen LogP contribution in [0.1, 0.15) is 38.3 Å². The van der Waals surface area contributed by atoms with Crippen LogP contribution in [0.15, 0.2) is 46.7 Å². The highest BCUT2D eigenvalue weighted by Crippen LogP contribution is 2.33. The van der Waals surface area contributed by atoms with E-state index < -0.39 is 0 Å². The summed E-state index contributed by atoms with van der Waals surface area (Å²) in [4.78, 5) is 37.4. The maximum atomic E-state index is 13.4. The fraction of sp³-hybridized carbons (Fsp3) is 0.269. The van der Waals surface area contributed by atoms with Gasteiger partial charge in [-0.05, 0) is 74.4 Å². The van der Waals surface area contributed by atoms with Crippen LogP contribution in [-0.2, 0) is 13.6 Å². The first-order chi connectivity index (χ1) is 16.7. The van der Waals surface area contributed by atoms with Crippen LogP contribution in [-0.4, -0.2) is 36.9 Å². The number of amides is 1. The molecule has 0 aliphatic rings. The number of carbonyl (C=O) groups excluding carboxylic acids is 1. The highest BCUT2D eigenvalue weighted by molar-refractivity contribution is 7.98. The van der Waals surface area contributed by atoms with Crippen LogP contribution < -0.4 is 10.9 Å². The minimum absolute atomic E-state index is 0.134. The van der Waals surface area contributed by atoms with Crippen molar-refractivity contribution < 1.29 is 4.79 Å². The van der Waals surface area contributed by atoms with Crippen LogP contribution in [0.5, 0.6) is 0 Å². The second kappa shape index (κ2) is 9.87. The third-order valence-electron chi connectivity index (χ3n) is 6.09. The second-order valence-corrected chi connectivity index (χ2v) is 9.35. The number of hydrogen-bond acceptors (Lipinski definition) is 6. The standard InChI is InChI=1S/C26H28N6O2S/c1-14-7-16(3)31-25(34)22(14)13-27-24(33)21-9-18(19-11-28-26(35-6)29-12-19)8-20(17(21)4)23-15(2)10-30-32(23)5/h7-12H,13H2,1-6H3,(H,27,33)(H,31,34). The van der Waals surface area contributed by atoms with Gasteiger partial charge in [-0.15, -0.1) is 0 Å². The van der Waals surface area contributed by atoms with E-state index in [0.717, 1.165) is 44.8 Å². The van der Waals surface area contributed by atoms with E-state index in [-0.39, 0.29) is 18.0 Å². The summed E-state index contributed by atoms with van der Waals surface area (Å²) in [5.41, 5.74) is 7.82. The van der Waals surface area contributed by atoms with Crippen molar-refractivity contribution in [3.8, 4) is 22.4 Å². The largest absolute Gasteiger partial charge is 0.348 e. The SMILES string of the molecule is CSc1ncc(-c2cc(C(=O)NCc3c(C)cc(C)[nH]c3=O)c(C)c(-c3c(C)cnn3C)c2)cn1. The minimum atomic E-state index is -0.258. The molecule has 0 saturated heterocycles. The Balaban J connectivity index is 1.78. The Labute approximate surface area is 208 Å². The van der Waals surface area contributed by atoms with E-state index in [1.54, 1.807) is 12.4 Å². The molecular formula is C26H28N6O2S. The summed E-state index contributed by atoms with van der Waals surface area (Å²) < 4.78 is 1.81. The molecule has 0 bridgehead atoms. The summed E-state index contributed by atoms with van der Waals surface area (Å²) in [6.07, 6.45) is 7.26. The number of aromatic amines is 1. The Kier molecular flexibility index (Phi) is 6.88. The zero-order chi connectivity index (χ0) is 25.3. The monoisotopic (exact) mass is 488 g/mol. The van der Waals surface area contributed by atoms with Gasteiger partial charge in [0, 0.05) is 53.9 Å². The van der Waals surface area contributed by atoms with E-state index in [1.807, 2.05) is 70.1 Å². The normalized spacial score (nSPS) is 11.0. The quantitative estimate of drug-likeness (QED) is 0.312. The third-order valence-corrected chi connectivity index (χ3v) is 6.67. The molecule has 0 unspecified atom stereocenters. The lowest BCUT2D eigenvalue weighted by Gasteiger charge is -2.16. The number of nitrogens with one attached hydrogen (secondary N) is 2. The Morgan fingerprint density at radius 3 is 2.34 bits per heavy atom. The molecule has 0 aliphatic heterocycles. The van der Waals surface area contributed by atoms with Gasteiger partial charge in [0.1, 0.15) is 0 Å². The molecule has 9 heteroatoms. The molecule has 35 heavy (non-hydrogen) atoms. The average Bonchev–Trinajstić information content (AvgIpc) is 3.16. The van der Waals surface area contributed by atoms with E-state index in [9.17, 15) is 9.59 Å². The van der Waals surface area contributed by atoms with Crippen LogP contribution in [0, 0.1) is 27.7 Å². The first kappa shape index (κ1) is 24.4. The Morgan fingerprint density at radius 1 is 1.03 bits per heavy atom. The summed E-state index contributed by atoms with van der Waals surface area (Å²) in [6.45, 7) is 7.77. The van der Waals surface area contributed by atoms with E-state index in [1.165, 1.54) is 11.8 Å². The van der Waals surface area contributed by atoms with Crippen LogP contribution in [0.2, 0.25) is 0 Å². The summed E-state index contributed by atoms with van der Waals surface area (Å²) in [6, 6.07) is 5.79. The molecule has 0 radical (unpaired) electrons. The van der Waals surface area contributed by atoms with Gasteiger partial charge in [0.15, 0.2) is 5.16 Å². The van der Waals surface area contributed by atoms with Gasteiger partial charge in [-0.1, -0.05) is 11.8 Å². The highest BCUT2D eigenvalue weighted by Gasteiger charge is 2.20. The van der Waals surface area contributed by atoms with Crippen LogP contribution in [0.3, 0.4) is 0 Å². The van der Waals surface area contributed by atoms with Crippen molar-refractivity contribution in [2.75, 3.05) is 6.26 Å². The van der Waals surface area contributed by atoms with Gasteiger partial charge in [-0.25, -0.2) is 9.97 Å². The first-order valence-electron chi connectivity index (χ1n) is 11.2. The highest BCUT2D eigenvalue weighted by atomic mass is 32.2. The van der Waals surface area contributed by atoms with Gasteiger partial charge < -0.3 is 10.3 Å². The minimum Gasteiger partial charge on any atom is -0.348 e. The van der Waals surface area contributed by atoms with Crippen LogP contribution in [0.4, 0.5) is 0 Å². The van der Waals surface area contributed by atoms with Crippen LogP contribution in [0.25, 0.3) is 22.4 Å². The second-order valence-electron chi connectivity index (χ2n) is 8.58. The molecule has 0 aliphatic carbocycles. The smallest absolute Gasteiger partial charge is 0.253 e. The topological polar surface area (TPSA) is 106 Å². The Bertz CT molecular complexity index is 1450. The molecule has 4 rings (SSSR count). The maximum absolute atomic E-state index is 13.4. The van der Waals surface area contributed by atoms with Gasteiger partial charge in [-0.2, -0.15) is 5.10 Å². The molecule has 8 nitrogen and oxygen atoms in total. The molecule has 180 valence electrons. The lowest BCUT2D eigenvalue weighted by molar-refractivity contribution is 0.0950. The van der Waals surface area contributed by atoms with Crippen molar-refractivity contribution in [1.82, 2.24) is 30.0 Å². The fourth-order valence-electron chi connectivity index (χ4n) is 4.23. The lowest BCUT2D eigenvalue weighted by Crippen LogP contribution is -2.28. The molecule has 3 heterocycles. The number of hydrogen-bond donors (Lipinski definition) is 2. The summed E-state index contributed by atoms with van der Waals surface area (Å²) in [7, 11) is 1.89. The Morgan fingerprint density at radius 2 is 1.74 bits per heavy atom.